The monoisotopic (exact) mass is 385 g/mol. The van der Waals surface area contributed by atoms with Gasteiger partial charge in [0.05, 0.1) is 37.7 Å². The van der Waals surface area contributed by atoms with Gasteiger partial charge in [0.2, 0.25) is 5.91 Å². The maximum atomic E-state index is 12.5. The van der Waals surface area contributed by atoms with Gasteiger partial charge in [0.25, 0.3) is 0 Å². The van der Waals surface area contributed by atoms with Gasteiger partial charge in [0.1, 0.15) is 0 Å². The summed E-state index contributed by atoms with van der Waals surface area (Å²) in [6, 6.07) is 7.42. The number of hydrogen-bond acceptors (Lipinski definition) is 3. The molecule has 2 aromatic rings. The SMILES string of the molecule is CC1CC(C)C[NH+](CCCNC(=O)Cc2c(C(=O)[O-])n(C)c3ccccc23)C1. The number of nitrogens with one attached hydrogen (secondary N) is 2. The highest BCUT2D eigenvalue weighted by molar-refractivity contribution is 5.99. The molecule has 1 aliphatic heterocycles. The Morgan fingerprint density at radius 2 is 1.89 bits per heavy atom. The normalized spacial score (nSPS) is 22.3. The summed E-state index contributed by atoms with van der Waals surface area (Å²) in [7, 11) is 1.69. The van der Waals surface area contributed by atoms with E-state index >= 15 is 0 Å². The Bertz CT molecular complexity index is 848. The lowest BCUT2D eigenvalue weighted by Crippen LogP contribution is -3.14. The van der Waals surface area contributed by atoms with Crippen molar-refractivity contribution in [2.75, 3.05) is 26.2 Å². The fourth-order valence-electron chi connectivity index (χ4n) is 4.83. The number of carboxylic acid groups (broad SMARTS) is 1. The van der Waals surface area contributed by atoms with Gasteiger partial charge in [-0.1, -0.05) is 32.0 Å². The second kappa shape index (κ2) is 8.78. The maximum Gasteiger partial charge on any atom is 0.224 e. The quantitative estimate of drug-likeness (QED) is 0.666. The Labute approximate surface area is 166 Å². The number of rotatable bonds is 7. The first-order valence-corrected chi connectivity index (χ1v) is 10.2. The van der Waals surface area contributed by atoms with Gasteiger partial charge in [0.15, 0.2) is 0 Å². The van der Waals surface area contributed by atoms with Crippen LogP contribution >= 0.6 is 0 Å². The molecule has 1 fully saturated rings. The first-order chi connectivity index (χ1) is 13.4. The number of benzene rings is 1. The molecule has 2 unspecified atom stereocenters. The Kier molecular flexibility index (Phi) is 6.39. The lowest BCUT2D eigenvalue weighted by molar-refractivity contribution is -0.912. The van der Waals surface area contributed by atoms with Crippen LogP contribution < -0.4 is 15.3 Å². The summed E-state index contributed by atoms with van der Waals surface area (Å²) in [5.74, 6) is 0.137. The number of nitrogens with zero attached hydrogens (tertiary/aromatic N) is 1. The smallest absolute Gasteiger partial charge is 0.224 e. The molecule has 0 saturated carbocycles. The zero-order chi connectivity index (χ0) is 20.3. The molecule has 0 radical (unpaired) electrons. The molecule has 6 heteroatoms. The summed E-state index contributed by atoms with van der Waals surface area (Å²) in [5.41, 5.74) is 1.40. The van der Waals surface area contributed by atoms with Gasteiger partial charge in [-0.25, -0.2) is 0 Å². The number of quaternary nitrogens is 1. The van der Waals surface area contributed by atoms with Crippen LogP contribution in [0.2, 0.25) is 0 Å². The Morgan fingerprint density at radius 1 is 1.21 bits per heavy atom. The lowest BCUT2D eigenvalue weighted by atomic mass is 9.92. The molecule has 1 saturated heterocycles. The van der Waals surface area contributed by atoms with Gasteiger partial charge >= 0.3 is 0 Å². The number of hydrogen-bond donors (Lipinski definition) is 2. The third-order valence-corrected chi connectivity index (χ3v) is 5.85. The van der Waals surface area contributed by atoms with Gasteiger partial charge in [-0.15, -0.1) is 0 Å². The number of carbonyl (C=O) groups excluding carboxylic acids is 2. The molecule has 1 aromatic carbocycles. The molecule has 2 atom stereocenters. The number of amides is 1. The van der Waals surface area contributed by atoms with Crippen LogP contribution in [0.15, 0.2) is 24.3 Å². The van der Waals surface area contributed by atoms with Crippen molar-refractivity contribution in [2.24, 2.45) is 18.9 Å². The van der Waals surface area contributed by atoms with Crippen LogP contribution in [0, 0.1) is 11.8 Å². The van der Waals surface area contributed by atoms with Gasteiger partial charge in [-0.3, -0.25) is 4.79 Å². The van der Waals surface area contributed by atoms with Crippen LogP contribution in [0.3, 0.4) is 0 Å². The molecule has 152 valence electrons. The third-order valence-electron chi connectivity index (χ3n) is 5.85. The Hall–Kier alpha value is -2.34. The largest absolute Gasteiger partial charge is 0.543 e. The second-order valence-electron chi connectivity index (χ2n) is 8.43. The first kappa shape index (κ1) is 20.4. The number of likely N-dealkylation sites (tertiary alicyclic amines) is 1. The minimum atomic E-state index is -1.25. The van der Waals surface area contributed by atoms with E-state index in [2.05, 4.69) is 19.2 Å². The number of aryl methyl sites for hydroxylation is 1. The summed E-state index contributed by atoms with van der Waals surface area (Å²) in [5, 5.41) is 15.4. The average Bonchev–Trinajstić information content (AvgIpc) is 2.90. The summed E-state index contributed by atoms with van der Waals surface area (Å²) in [6.45, 7) is 8.74. The van der Waals surface area contributed by atoms with Gasteiger partial charge < -0.3 is 24.7 Å². The molecule has 28 heavy (non-hydrogen) atoms. The van der Waals surface area contributed by atoms with Crippen LogP contribution in [0.5, 0.6) is 0 Å². The van der Waals surface area contributed by atoms with E-state index in [1.165, 1.54) is 19.5 Å². The highest BCUT2D eigenvalue weighted by Gasteiger charge is 2.24. The van der Waals surface area contributed by atoms with Crippen LogP contribution in [0.25, 0.3) is 10.9 Å². The predicted octanol–water partition coefficient (Wildman–Crippen LogP) is 0.151. The molecular formula is C22H31N3O3. The van der Waals surface area contributed by atoms with Crippen molar-refractivity contribution in [3.8, 4) is 0 Å². The zero-order valence-corrected chi connectivity index (χ0v) is 17.1. The molecule has 2 heterocycles. The lowest BCUT2D eigenvalue weighted by Gasteiger charge is -2.32. The Morgan fingerprint density at radius 3 is 2.57 bits per heavy atom. The van der Waals surface area contributed by atoms with Crippen molar-refractivity contribution < 1.29 is 19.6 Å². The van der Waals surface area contributed by atoms with Crippen molar-refractivity contribution in [1.82, 2.24) is 9.88 Å². The molecule has 1 amide bonds. The molecule has 3 rings (SSSR count). The molecule has 6 nitrogen and oxygen atoms in total. The van der Waals surface area contributed by atoms with Crippen LogP contribution in [-0.4, -0.2) is 42.6 Å². The molecular weight excluding hydrogens is 354 g/mol. The van der Waals surface area contributed by atoms with Crippen molar-refractivity contribution in [3.63, 3.8) is 0 Å². The number of aromatic nitrogens is 1. The predicted molar refractivity (Wildman–Crippen MR) is 107 cm³/mol. The molecule has 0 aliphatic carbocycles. The van der Waals surface area contributed by atoms with Crippen LogP contribution in [-0.2, 0) is 18.3 Å². The van der Waals surface area contributed by atoms with E-state index in [9.17, 15) is 14.7 Å². The minimum absolute atomic E-state index is 0.0509. The van der Waals surface area contributed by atoms with Crippen molar-refractivity contribution in [3.05, 3.63) is 35.5 Å². The van der Waals surface area contributed by atoms with Gasteiger partial charge in [-0.05, 0) is 18.1 Å². The first-order valence-electron chi connectivity index (χ1n) is 10.2. The fourth-order valence-corrected chi connectivity index (χ4v) is 4.83. The topological polar surface area (TPSA) is 78.6 Å². The minimum Gasteiger partial charge on any atom is -0.543 e. The van der Waals surface area contributed by atoms with E-state index in [-0.39, 0.29) is 18.0 Å². The van der Waals surface area contributed by atoms with E-state index in [0.29, 0.717) is 12.1 Å². The highest BCUT2D eigenvalue weighted by Crippen LogP contribution is 2.25. The molecule has 1 aliphatic rings. The maximum absolute atomic E-state index is 12.5. The Balaban J connectivity index is 1.57. The average molecular weight is 386 g/mol. The number of carboxylic acids is 1. The van der Waals surface area contributed by atoms with E-state index in [1.807, 2.05) is 24.3 Å². The third kappa shape index (κ3) is 4.55. The van der Waals surface area contributed by atoms with Crippen LogP contribution in [0.4, 0.5) is 0 Å². The van der Waals surface area contributed by atoms with Crippen molar-refractivity contribution in [2.45, 2.75) is 33.1 Å². The van der Waals surface area contributed by atoms with E-state index in [1.54, 1.807) is 16.5 Å². The number of carbonyl (C=O) groups is 2. The second-order valence-corrected chi connectivity index (χ2v) is 8.43. The number of fused-ring (bicyclic) bond motifs is 1. The highest BCUT2D eigenvalue weighted by atomic mass is 16.4. The zero-order valence-electron chi connectivity index (χ0n) is 17.1. The summed E-state index contributed by atoms with van der Waals surface area (Å²) in [6.07, 6.45) is 2.30. The standard InChI is InChI=1S/C22H31N3O3/c1-15-11-16(2)14-25(13-15)10-6-9-23-20(26)12-18-17-7-4-5-8-19(17)24(3)21(18)22(27)28/h4-5,7-8,15-16H,6,9-14H2,1-3H3,(H,23,26)(H,27,28). The summed E-state index contributed by atoms with van der Waals surface area (Å²) < 4.78 is 1.59. The van der Waals surface area contributed by atoms with E-state index in [4.69, 9.17) is 0 Å². The molecule has 0 spiro atoms. The summed E-state index contributed by atoms with van der Waals surface area (Å²) in [4.78, 5) is 25.7. The van der Waals surface area contributed by atoms with E-state index < -0.39 is 5.97 Å². The molecule has 2 N–H and O–H groups in total. The van der Waals surface area contributed by atoms with Crippen molar-refractivity contribution in [1.29, 1.82) is 0 Å². The fraction of sp³-hybridized carbons (Fsp3) is 0.545. The van der Waals surface area contributed by atoms with E-state index in [0.717, 1.165) is 35.7 Å². The molecule has 1 aromatic heterocycles. The van der Waals surface area contributed by atoms with Gasteiger partial charge in [0, 0.05) is 42.8 Å². The number of para-hydroxylation sites is 1. The summed E-state index contributed by atoms with van der Waals surface area (Å²) >= 11 is 0. The van der Waals surface area contributed by atoms with Crippen molar-refractivity contribution >= 4 is 22.8 Å². The van der Waals surface area contributed by atoms with Gasteiger partial charge in [-0.2, -0.15) is 0 Å². The number of aromatic carboxylic acids is 1. The van der Waals surface area contributed by atoms with Crippen LogP contribution in [0.1, 0.15) is 42.7 Å². The number of piperidine rings is 1. The molecule has 0 bridgehead atoms.